The zero-order chi connectivity index (χ0) is 10.9. The zero-order valence-electron chi connectivity index (χ0n) is 9.05. The summed E-state index contributed by atoms with van der Waals surface area (Å²) in [6.07, 6.45) is 3.43. The smallest absolute Gasteiger partial charge is 0.0635 e. The van der Waals surface area contributed by atoms with Gasteiger partial charge in [-0.25, -0.2) is 0 Å². The molecule has 0 spiro atoms. The van der Waals surface area contributed by atoms with Gasteiger partial charge in [-0.2, -0.15) is 5.26 Å². The van der Waals surface area contributed by atoms with Gasteiger partial charge in [-0.3, -0.25) is 0 Å². The molecule has 0 fully saturated rings. The van der Waals surface area contributed by atoms with E-state index in [9.17, 15) is 0 Å². The van der Waals surface area contributed by atoms with Gasteiger partial charge in [0.1, 0.15) is 0 Å². The lowest BCUT2D eigenvalue weighted by Gasteiger charge is -2.24. The average molecular weight is 198 g/mol. The van der Waals surface area contributed by atoms with Gasteiger partial charge in [0.25, 0.3) is 0 Å². The Hall–Kier alpha value is -0.630. The Labute approximate surface area is 86.6 Å². The topological polar surface area (TPSA) is 87.9 Å². The lowest BCUT2D eigenvalue weighted by atomic mass is 9.93. The van der Waals surface area contributed by atoms with Crippen LogP contribution in [0.5, 0.6) is 0 Å². The predicted octanol–water partition coefficient (Wildman–Crippen LogP) is 0.336. The van der Waals surface area contributed by atoms with Crippen molar-refractivity contribution in [2.45, 2.75) is 38.1 Å². The van der Waals surface area contributed by atoms with Crippen LogP contribution < -0.4 is 16.8 Å². The number of hydrogen-bond acceptors (Lipinski definition) is 4. The highest BCUT2D eigenvalue weighted by atomic mass is 14.9. The molecule has 0 saturated heterocycles. The number of nitriles is 1. The molecule has 5 N–H and O–H groups in total. The van der Waals surface area contributed by atoms with Crippen molar-refractivity contribution in [1.82, 2.24) is 5.32 Å². The van der Waals surface area contributed by atoms with Crippen molar-refractivity contribution in [3.05, 3.63) is 0 Å². The lowest BCUT2D eigenvalue weighted by Crippen LogP contribution is -2.39. The summed E-state index contributed by atoms with van der Waals surface area (Å²) in [4.78, 5) is 0. The second kappa shape index (κ2) is 7.74. The molecule has 0 amide bonds. The van der Waals surface area contributed by atoms with E-state index in [1.807, 2.05) is 0 Å². The van der Waals surface area contributed by atoms with Gasteiger partial charge in [0.15, 0.2) is 0 Å². The van der Waals surface area contributed by atoms with Crippen LogP contribution >= 0.6 is 0 Å². The van der Waals surface area contributed by atoms with Crippen molar-refractivity contribution in [1.29, 1.82) is 5.26 Å². The summed E-state index contributed by atoms with van der Waals surface area (Å²) in [6, 6.07) is 2.09. The van der Waals surface area contributed by atoms with Gasteiger partial charge in [0, 0.05) is 18.5 Å². The molecule has 0 aliphatic heterocycles. The molecule has 1 atom stereocenters. The van der Waals surface area contributed by atoms with Crippen LogP contribution in [-0.4, -0.2) is 25.2 Å². The Morgan fingerprint density at radius 2 is 2.07 bits per heavy atom. The van der Waals surface area contributed by atoms with Gasteiger partial charge < -0.3 is 16.8 Å². The summed E-state index contributed by atoms with van der Waals surface area (Å²) >= 11 is 0. The molecule has 1 unspecified atom stereocenters. The predicted molar refractivity (Wildman–Crippen MR) is 58.6 cm³/mol. The van der Waals surface area contributed by atoms with Gasteiger partial charge in [0.05, 0.1) is 6.07 Å². The fourth-order valence-corrected chi connectivity index (χ4v) is 1.27. The summed E-state index contributed by atoms with van der Waals surface area (Å²) in [5.74, 6) is 0. The SMILES string of the molecule is CC(N)(CCCN)CCNCCC#N. The van der Waals surface area contributed by atoms with Crippen LogP contribution in [0.1, 0.15) is 32.6 Å². The van der Waals surface area contributed by atoms with E-state index in [1.54, 1.807) is 0 Å². The number of nitrogens with zero attached hydrogens (tertiary/aromatic N) is 1. The molecular weight excluding hydrogens is 176 g/mol. The second-order valence-electron chi connectivity index (χ2n) is 3.95. The van der Waals surface area contributed by atoms with E-state index in [4.69, 9.17) is 16.7 Å². The normalized spacial score (nSPS) is 14.7. The average Bonchev–Trinajstić information content (AvgIpc) is 2.15. The Kier molecular flexibility index (Phi) is 7.40. The number of nitrogens with one attached hydrogen (secondary N) is 1. The highest BCUT2D eigenvalue weighted by molar-refractivity contribution is 4.79. The van der Waals surface area contributed by atoms with Crippen LogP contribution in [-0.2, 0) is 0 Å². The van der Waals surface area contributed by atoms with E-state index < -0.39 is 0 Å². The molecule has 0 aliphatic rings. The van der Waals surface area contributed by atoms with E-state index in [-0.39, 0.29) is 5.54 Å². The van der Waals surface area contributed by atoms with Crippen molar-refractivity contribution in [3.8, 4) is 6.07 Å². The summed E-state index contributed by atoms with van der Waals surface area (Å²) in [5, 5.41) is 11.5. The maximum atomic E-state index is 8.31. The lowest BCUT2D eigenvalue weighted by molar-refractivity contribution is 0.383. The van der Waals surface area contributed by atoms with Crippen molar-refractivity contribution < 1.29 is 0 Å². The molecule has 4 nitrogen and oxygen atoms in total. The summed E-state index contributed by atoms with van der Waals surface area (Å²) in [5.41, 5.74) is 11.4. The van der Waals surface area contributed by atoms with Gasteiger partial charge in [-0.1, -0.05) is 0 Å². The minimum absolute atomic E-state index is 0.126. The Morgan fingerprint density at radius 3 is 2.64 bits per heavy atom. The highest BCUT2D eigenvalue weighted by Crippen LogP contribution is 2.11. The third-order valence-electron chi connectivity index (χ3n) is 2.24. The van der Waals surface area contributed by atoms with Crippen LogP contribution in [0.15, 0.2) is 0 Å². The monoisotopic (exact) mass is 198 g/mol. The van der Waals surface area contributed by atoms with Gasteiger partial charge in [-0.05, 0) is 39.3 Å². The molecule has 0 aromatic carbocycles. The van der Waals surface area contributed by atoms with Crippen LogP contribution in [0, 0.1) is 11.3 Å². The van der Waals surface area contributed by atoms with Crippen LogP contribution in [0.25, 0.3) is 0 Å². The molecule has 0 saturated carbocycles. The molecule has 0 aliphatic carbocycles. The Balaban J connectivity index is 3.41. The first-order chi connectivity index (χ1) is 6.62. The summed E-state index contributed by atoms with van der Waals surface area (Å²) in [6.45, 7) is 4.38. The van der Waals surface area contributed by atoms with Crippen molar-refractivity contribution in [2.75, 3.05) is 19.6 Å². The molecule has 0 aromatic heterocycles. The van der Waals surface area contributed by atoms with E-state index in [2.05, 4.69) is 18.3 Å². The van der Waals surface area contributed by atoms with Crippen LogP contribution in [0.3, 0.4) is 0 Å². The minimum atomic E-state index is -0.126. The Morgan fingerprint density at radius 1 is 1.36 bits per heavy atom. The number of hydrogen-bond donors (Lipinski definition) is 3. The molecule has 82 valence electrons. The van der Waals surface area contributed by atoms with E-state index in [0.29, 0.717) is 13.0 Å². The second-order valence-corrected chi connectivity index (χ2v) is 3.95. The van der Waals surface area contributed by atoms with Crippen molar-refractivity contribution in [2.24, 2.45) is 11.5 Å². The largest absolute Gasteiger partial charge is 0.330 e. The maximum Gasteiger partial charge on any atom is 0.0635 e. The van der Waals surface area contributed by atoms with Crippen LogP contribution in [0.4, 0.5) is 0 Å². The summed E-state index contributed by atoms with van der Waals surface area (Å²) < 4.78 is 0. The standard InChI is InChI=1S/C10H22N4/c1-10(13,4-2-6-11)5-9-14-8-3-7-12/h14H,2-6,8-9,11,13H2,1H3. The maximum absolute atomic E-state index is 8.31. The van der Waals surface area contributed by atoms with Gasteiger partial charge >= 0.3 is 0 Å². The molecule has 0 heterocycles. The molecule has 0 bridgehead atoms. The van der Waals surface area contributed by atoms with Gasteiger partial charge in [-0.15, -0.1) is 0 Å². The summed E-state index contributed by atoms with van der Waals surface area (Å²) in [7, 11) is 0. The number of rotatable bonds is 8. The van der Waals surface area contributed by atoms with Crippen molar-refractivity contribution in [3.63, 3.8) is 0 Å². The Bertz CT molecular complexity index is 171. The third-order valence-corrected chi connectivity index (χ3v) is 2.24. The fraction of sp³-hybridized carbons (Fsp3) is 0.900. The first-order valence-corrected chi connectivity index (χ1v) is 5.19. The number of nitrogens with two attached hydrogens (primary N) is 2. The van der Waals surface area contributed by atoms with Crippen molar-refractivity contribution >= 4 is 0 Å². The quantitative estimate of drug-likeness (QED) is 0.491. The van der Waals surface area contributed by atoms with Crippen LogP contribution in [0.2, 0.25) is 0 Å². The molecule has 4 heteroatoms. The van der Waals surface area contributed by atoms with E-state index >= 15 is 0 Å². The van der Waals surface area contributed by atoms with Gasteiger partial charge in [0.2, 0.25) is 0 Å². The molecule has 0 radical (unpaired) electrons. The molecule has 14 heavy (non-hydrogen) atoms. The molecular formula is C10H22N4. The molecule has 0 rings (SSSR count). The van der Waals surface area contributed by atoms with E-state index in [0.717, 1.165) is 32.4 Å². The molecule has 0 aromatic rings. The minimum Gasteiger partial charge on any atom is -0.330 e. The first kappa shape index (κ1) is 13.4. The fourth-order valence-electron chi connectivity index (χ4n) is 1.27. The van der Waals surface area contributed by atoms with E-state index in [1.165, 1.54) is 0 Å². The first-order valence-electron chi connectivity index (χ1n) is 5.19. The zero-order valence-corrected chi connectivity index (χ0v) is 9.05. The third kappa shape index (κ3) is 7.99. The highest BCUT2D eigenvalue weighted by Gasteiger charge is 2.16.